The number of hydrogen-bond acceptors (Lipinski definition) is 4. The van der Waals surface area contributed by atoms with Crippen molar-refractivity contribution in [1.29, 1.82) is 0 Å². The third-order valence-corrected chi connectivity index (χ3v) is 6.54. The van der Waals surface area contributed by atoms with E-state index in [1.54, 1.807) is 11.9 Å². The molecule has 1 aromatic carbocycles. The van der Waals surface area contributed by atoms with Crippen LogP contribution in [-0.4, -0.2) is 54.8 Å². The maximum absolute atomic E-state index is 13.6. The number of amides is 3. The third-order valence-electron chi connectivity index (χ3n) is 6.54. The first-order valence-corrected chi connectivity index (χ1v) is 11.7. The van der Waals surface area contributed by atoms with Crippen molar-refractivity contribution in [3.05, 3.63) is 35.4 Å². The molecular formula is C25H38N4O3. The zero-order chi connectivity index (χ0) is 23.5. The molecule has 0 aromatic heterocycles. The largest absolute Gasteiger partial charge is 0.347 e. The van der Waals surface area contributed by atoms with Crippen molar-refractivity contribution >= 4 is 17.7 Å². The van der Waals surface area contributed by atoms with Crippen LogP contribution in [-0.2, 0) is 20.8 Å². The van der Waals surface area contributed by atoms with E-state index in [1.165, 1.54) is 11.1 Å². The number of carbonyl (C=O) groups excluding carboxylic acids is 3. The van der Waals surface area contributed by atoms with Gasteiger partial charge in [0.2, 0.25) is 17.7 Å². The van der Waals surface area contributed by atoms with Crippen LogP contribution in [0.3, 0.4) is 0 Å². The summed E-state index contributed by atoms with van der Waals surface area (Å²) in [5.41, 5.74) is 2.00. The zero-order valence-electron chi connectivity index (χ0n) is 20.0. The van der Waals surface area contributed by atoms with Gasteiger partial charge in [0.25, 0.3) is 0 Å². The molecule has 2 aliphatic rings. The van der Waals surface area contributed by atoms with E-state index in [4.69, 9.17) is 0 Å². The van der Waals surface area contributed by atoms with E-state index < -0.39 is 17.5 Å². The second-order valence-electron chi connectivity index (χ2n) is 10.4. The van der Waals surface area contributed by atoms with Crippen molar-refractivity contribution in [2.45, 2.75) is 71.5 Å². The van der Waals surface area contributed by atoms with Crippen molar-refractivity contribution in [3.8, 4) is 0 Å². The topological polar surface area (TPSA) is 90.5 Å². The predicted octanol–water partition coefficient (Wildman–Crippen LogP) is 2.17. The van der Waals surface area contributed by atoms with Crippen LogP contribution in [0, 0.1) is 11.3 Å². The molecule has 0 bridgehead atoms. The normalized spacial score (nSPS) is 23.9. The second-order valence-corrected chi connectivity index (χ2v) is 10.4. The summed E-state index contributed by atoms with van der Waals surface area (Å²) in [5, 5.41) is 8.93. The van der Waals surface area contributed by atoms with Crippen LogP contribution in [0.4, 0.5) is 0 Å². The number of nitrogens with one attached hydrogen (secondary N) is 3. The summed E-state index contributed by atoms with van der Waals surface area (Å²) in [7, 11) is 1.69. The lowest BCUT2D eigenvalue weighted by Gasteiger charge is -2.36. The van der Waals surface area contributed by atoms with Crippen LogP contribution in [0.5, 0.6) is 0 Å². The van der Waals surface area contributed by atoms with Crippen LogP contribution in [0.2, 0.25) is 0 Å². The van der Waals surface area contributed by atoms with E-state index in [2.05, 4.69) is 35.0 Å². The van der Waals surface area contributed by atoms with Gasteiger partial charge < -0.3 is 20.9 Å². The van der Waals surface area contributed by atoms with E-state index in [1.807, 2.05) is 32.9 Å². The molecule has 1 aliphatic heterocycles. The molecule has 1 fully saturated rings. The fraction of sp³-hybridized carbons (Fsp3) is 0.640. The van der Waals surface area contributed by atoms with Gasteiger partial charge in [0.05, 0.1) is 12.6 Å². The minimum absolute atomic E-state index is 0.0194. The molecule has 3 amide bonds. The second kappa shape index (κ2) is 10.0. The van der Waals surface area contributed by atoms with Gasteiger partial charge in [-0.2, -0.15) is 0 Å². The Balaban J connectivity index is 1.77. The first-order chi connectivity index (χ1) is 15.1. The molecule has 0 radical (unpaired) electrons. The van der Waals surface area contributed by atoms with Gasteiger partial charge >= 0.3 is 0 Å². The number of carbonyl (C=O) groups is 3. The first-order valence-electron chi connectivity index (χ1n) is 11.7. The third kappa shape index (κ3) is 5.49. The molecule has 1 aliphatic carbocycles. The van der Waals surface area contributed by atoms with E-state index in [0.717, 1.165) is 19.3 Å². The lowest BCUT2D eigenvalue weighted by molar-refractivity contribution is -0.144. The number of hydrogen-bond donors (Lipinski definition) is 3. The predicted molar refractivity (Wildman–Crippen MR) is 125 cm³/mol. The van der Waals surface area contributed by atoms with Crippen molar-refractivity contribution in [2.24, 2.45) is 11.3 Å². The van der Waals surface area contributed by atoms with Crippen LogP contribution < -0.4 is 16.0 Å². The number of benzene rings is 1. The summed E-state index contributed by atoms with van der Waals surface area (Å²) in [5.74, 6) is -0.288. The number of likely N-dealkylation sites (N-methyl/N-ethyl adjacent to an activating group) is 1. The van der Waals surface area contributed by atoms with Crippen LogP contribution in [0.1, 0.15) is 64.1 Å². The summed E-state index contributed by atoms with van der Waals surface area (Å²) in [6.45, 7) is 8.53. The van der Waals surface area contributed by atoms with Gasteiger partial charge in [-0.3, -0.25) is 14.4 Å². The highest BCUT2D eigenvalue weighted by Gasteiger charge is 2.44. The minimum Gasteiger partial charge on any atom is -0.347 e. The van der Waals surface area contributed by atoms with Crippen LogP contribution >= 0.6 is 0 Å². The quantitative estimate of drug-likeness (QED) is 0.630. The number of aryl methyl sites for hydroxylation is 1. The molecule has 3 rings (SSSR count). The first kappa shape index (κ1) is 24.2. The highest BCUT2D eigenvalue weighted by atomic mass is 16.2. The Bertz CT molecular complexity index is 848. The molecule has 1 saturated heterocycles. The molecule has 4 unspecified atom stereocenters. The Labute approximate surface area is 191 Å². The summed E-state index contributed by atoms with van der Waals surface area (Å²) in [6.07, 6.45) is 3.61. The average Bonchev–Trinajstić information content (AvgIpc) is 3.13. The SMILES string of the molecule is CNCC(=O)NC(C(=O)N1CC(C)CC1C(=O)NC1CCCc2ccccc21)C(C)(C)C. The average molecular weight is 443 g/mol. The van der Waals surface area contributed by atoms with Gasteiger partial charge in [0.1, 0.15) is 12.1 Å². The molecule has 0 saturated carbocycles. The number of rotatable bonds is 6. The monoisotopic (exact) mass is 442 g/mol. The highest BCUT2D eigenvalue weighted by molar-refractivity contribution is 5.93. The Morgan fingerprint density at radius 3 is 2.59 bits per heavy atom. The van der Waals surface area contributed by atoms with Gasteiger partial charge in [0.15, 0.2) is 0 Å². The van der Waals surface area contributed by atoms with E-state index >= 15 is 0 Å². The van der Waals surface area contributed by atoms with Crippen molar-refractivity contribution in [1.82, 2.24) is 20.9 Å². The molecule has 1 aromatic rings. The molecular weight excluding hydrogens is 404 g/mol. The van der Waals surface area contributed by atoms with Crippen LogP contribution in [0.25, 0.3) is 0 Å². The Morgan fingerprint density at radius 1 is 1.19 bits per heavy atom. The van der Waals surface area contributed by atoms with Crippen molar-refractivity contribution in [2.75, 3.05) is 20.1 Å². The Kier molecular flexibility index (Phi) is 7.59. The number of nitrogens with zero attached hydrogens (tertiary/aromatic N) is 1. The van der Waals surface area contributed by atoms with Gasteiger partial charge in [-0.05, 0) is 55.2 Å². The molecule has 7 nitrogen and oxygen atoms in total. The molecule has 4 atom stereocenters. The minimum atomic E-state index is -0.695. The van der Waals surface area contributed by atoms with Gasteiger partial charge in [-0.25, -0.2) is 0 Å². The maximum Gasteiger partial charge on any atom is 0.246 e. The van der Waals surface area contributed by atoms with Crippen molar-refractivity contribution in [3.63, 3.8) is 0 Å². The molecule has 32 heavy (non-hydrogen) atoms. The zero-order valence-corrected chi connectivity index (χ0v) is 20.0. The molecule has 0 spiro atoms. The van der Waals surface area contributed by atoms with Gasteiger partial charge in [-0.1, -0.05) is 52.0 Å². The summed E-state index contributed by atoms with van der Waals surface area (Å²) < 4.78 is 0. The van der Waals surface area contributed by atoms with Gasteiger partial charge in [-0.15, -0.1) is 0 Å². The molecule has 1 heterocycles. The number of likely N-dealkylation sites (tertiary alicyclic amines) is 1. The fourth-order valence-electron chi connectivity index (χ4n) is 4.90. The molecule has 3 N–H and O–H groups in total. The van der Waals surface area contributed by atoms with Crippen LogP contribution in [0.15, 0.2) is 24.3 Å². The van der Waals surface area contributed by atoms with E-state index in [-0.39, 0.29) is 36.2 Å². The van der Waals surface area contributed by atoms with E-state index in [0.29, 0.717) is 13.0 Å². The Morgan fingerprint density at radius 2 is 1.91 bits per heavy atom. The van der Waals surface area contributed by atoms with E-state index in [9.17, 15) is 14.4 Å². The smallest absolute Gasteiger partial charge is 0.246 e. The molecule has 7 heteroatoms. The fourth-order valence-corrected chi connectivity index (χ4v) is 4.90. The maximum atomic E-state index is 13.6. The van der Waals surface area contributed by atoms with Crippen molar-refractivity contribution < 1.29 is 14.4 Å². The Hall–Kier alpha value is -2.41. The lowest BCUT2D eigenvalue weighted by Crippen LogP contribution is -2.58. The highest BCUT2D eigenvalue weighted by Crippen LogP contribution is 2.32. The number of fused-ring (bicyclic) bond motifs is 1. The molecule has 176 valence electrons. The van der Waals surface area contributed by atoms with Gasteiger partial charge in [0, 0.05) is 6.54 Å². The summed E-state index contributed by atoms with van der Waals surface area (Å²) in [6, 6.07) is 7.04. The lowest BCUT2D eigenvalue weighted by atomic mass is 9.85. The standard InChI is InChI=1S/C25H38N4O3/c1-16-13-20(23(31)27-19-12-8-10-17-9-6-7-11-18(17)19)29(15-16)24(32)22(25(2,3)4)28-21(30)14-26-5/h6-7,9,11,16,19-20,22,26H,8,10,12-15H2,1-5H3,(H,27,31)(H,28,30). The summed E-state index contributed by atoms with van der Waals surface area (Å²) >= 11 is 0. The summed E-state index contributed by atoms with van der Waals surface area (Å²) in [4.78, 5) is 40.9.